The molecule has 1 heterocycles. The van der Waals surface area contributed by atoms with E-state index < -0.39 is 5.97 Å². The highest BCUT2D eigenvalue weighted by Gasteiger charge is 2.39. The van der Waals surface area contributed by atoms with Crippen molar-refractivity contribution in [3.05, 3.63) is 34.9 Å². The van der Waals surface area contributed by atoms with Crippen molar-refractivity contribution in [1.29, 1.82) is 0 Å². The van der Waals surface area contributed by atoms with Crippen molar-refractivity contribution in [2.45, 2.75) is 24.0 Å². The van der Waals surface area contributed by atoms with Gasteiger partial charge in [-0.3, -0.25) is 9.59 Å². The van der Waals surface area contributed by atoms with Crippen LogP contribution in [0.15, 0.2) is 24.3 Å². The number of benzene rings is 1. The summed E-state index contributed by atoms with van der Waals surface area (Å²) < 4.78 is 0. The van der Waals surface area contributed by atoms with Gasteiger partial charge < -0.3 is 10.0 Å². The molecular formula is C13H14ClNO3S. The number of rotatable bonds is 4. The first kappa shape index (κ1) is 14.2. The van der Waals surface area contributed by atoms with Crippen LogP contribution in [-0.2, 0) is 9.59 Å². The van der Waals surface area contributed by atoms with E-state index in [-0.39, 0.29) is 29.5 Å². The second kappa shape index (κ2) is 5.84. The molecule has 1 N–H and O–H groups in total. The average Bonchev–Trinajstić information content (AvgIpc) is 2.64. The van der Waals surface area contributed by atoms with Crippen LogP contribution in [0.5, 0.6) is 0 Å². The molecule has 102 valence electrons. The summed E-state index contributed by atoms with van der Waals surface area (Å²) in [5.41, 5.74) is 0.859. The maximum absolute atomic E-state index is 12.1. The standard InChI is InChI=1S/C13H14ClNO3S/c1-8-12(18)15(7-6-11(16)17)13(19-8)9-4-2-3-5-10(9)14/h2-5,8,13H,6-7H2,1H3,(H,16,17)/t8-,13-/m0/s1. The molecule has 19 heavy (non-hydrogen) atoms. The number of nitrogens with zero attached hydrogens (tertiary/aromatic N) is 1. The first-order valence-electron chi connectivity index (χ1n) is 5.93. The number of carboxylic acids is 1. The summed E-state index contributed by atoms with van der Waals surface area (Å²) in [7, 11) is 0. The third-order valence-electron chi connectivity index (χ3n) is 2.98. The summed E-state index contributed by atoms with van der Waals surface area (Å²) in [6.07, 6.45) is -0.0556. The molecule has 1 aliphatic rings. The van der Waals surface area contributed by atoms with E-state index in [2.05, 4.69) is 0 Å². The zero-order valence-corrected chi connectivity index (χ0v) is 11.9. The molecule has 0 aliphatic carbocycles. The first-order chi connectivity index (χ1) is 9.00. The summed E-state index contributed by atoms with van der Waals surface area (Å²) in [5.74, 6) is -0.938. The second-order valence-corrected chi connectivity index (χ2v) is 6.16. The Morgan fingerprint density at radius 3 is 2.79 bits per heavy atom. The number of carboxylic acid groups (broad SMARTS) is 1. The number of carbonyl (C=O) groups is 2. The molecule has 0 radical (unpaired) electrons. The van der Waals surface area contributed by atoms with Crippen molar-refractivity contribution in [1.82, 2.24) is 4.90 Å². The van der Waals surface area contributed by atoms with E-state index in [4.69, 9.17) is 16.7 Å². The lowest BCUT2D eigenvalue weighted by molar-refractivity contribution is -0.138. The minimum absolute atomic E-state index is 0.0313. The Morgan fingerprint density at radius 2 is 2.16 bits per heavy atom. The Hall–Kier alpha value is -1.20. The van der Waals surface area contributed by atoms with Crippen molar-refractivity contribution in [3.63, 3.8) is 0 Å². The molecule has 2 rings (SSSR count). The molecule has 1 aliphatic heterocycles. The molecule has 6 heteroatoms. The van der Waals surface area contributed by atoms with Crippen LogP contribution in [0.2, 0.25) is 5.02 Å². The van der Waals surface area contributed by atoms with Crippen molar-refractivity contribution in [2.75, 3.05) is 6.54 Å². The molecule has 2 atom stereocenters. The summed E-state index contributed by atoms with van der Waals surface area (Å²) >= 11 is 7.66. The van der Waals surface area contributed by atoms with E-state index >= 15 is 0 Å². The van der Waals surface area contributed by atoms with Gasteiger partial charge in [0.15, 0.2) is 0 Å². The molecule has 0 saturated carbocycles. The largest absolute Gasteiger partial charge is 0.481 e. The van der Waals surface area contributed by atoms with Crippen molar-refractivity contribution in [3.8, 4) is 0 Å². The molecule has 1 aromatic carbocycles. The van der Waals surface area contributed by atoms with Gasteiger partial charge in [-0.2, -0.15) is 0 Å². The van der Waals surface area contributed by atoms with Crippen LogP contribution in [0.3, 0.4) is 0 Å². The lowest BCUT2D eigenvalue weighted by Gasteiger charge is -2.24. The van der Waals surface area contributed by atoms with Crippen LogP contribution in [-0.4, -0.2) is 33.7 Å². The Kier molecular flexibility index (Phi) is 4.37. The molecule has 1 amide bonds. The number of carbonyl (C=O) groups excluding carboxylic acids is 1. The minimum atomic E-state index is -0.907. The summed E-state index contributed by atoms with van der Waals surface area (Å²) in [4.78, 5) is 24.4. The highest BCUT2D eigenvalue weighted by atomic mass is 35.5. The van der Waals surface area contributed by atoms with Gasteiger partial charge in [0.25, 0.3) is 0 Å². The topological polar surface area (TPSA) is 57.6 Å². The molecule has 1 aromatic rings. The highest BCUT2D eigenvalue weighted by Crippen LogP contribution is 2.44. The molecule has 4 nitrogen and oxygen atoms in total. The predicted octanol–water partition coefficient (Wildman–Crippen LogP) is 2.78. The summed E-state index contributed by atoms with van der Waals surface area (Å²) in [5, 5.41) is 9.00. The van der Waals surface area contributed by atoms with Gasteiger partial charge in [0.2, 0.25) is 5.91 Å². The zero-order chi connectivity index (χ0) is 14.0. The SMILES string of the molecule is C[C@@H]1S[C@@H](c2ccccc2Cl)N(CCC(=O)O)C1=O. The van der Waals surface area contributed by atoms with Crippen LogP contribution >= 0.6 is 23.4 Å². The van der Waals surface area contributed by atoms with E-state index in [1.54, 1.807) is 11.0 Å². The third-order valence-corrected chi connectivity index (χ3v) is 4.71. The maximum atomic E-state index is 12.1. The lowest BCUT2D eigenvalue weighted by Crippen LogP contribution is -2.32. The van der Waals surface area contributed by atoms with Gasteiger partial charge in [-0.05, 0) is 13.0 Å². The van der Waals surface area contributed by atoms with E-state index in [9.17, 15) is 9.59 Å². The fourth-order valence-electron chi connectivity index (χ4n) is 2.03. The van der Waals surface area contributed by atoms with Gasteiger partial charge in [0, 0.05) is 17.1 Å². The zero-order valence-electron chi connectivity index (χ0n) is 10.4. The Bertz CT molecular complexity index is 508. The van der Waals surface area contributed by atoms with Crippen molar-refractivity contribution < 1.29 is 14.7 Å². The number of halogens is 1. The number of amides is 1. The molecule has 1 fully saturated rings. The van der Waals surface area contributed by atoms with Crippen molar-refractivity contribution >= 4 is 35.2 Å². The van der Waals surface area contributed by atoms with E-state index in [1.807, 2.05) is 25.1 Å². The van der Waals surface area contributed by atoms with Crippen LogP contribution in [0.4, 0.5) is 0 Å². The quantitative estimate of drug-likeness (QED) is 0.929. The normalized spacial score (nSPS) is 22.8. The molecule has 0 spiro atoms. The van der Waals surface area contributed by atoms with Crippen LogP contribution in [0.25, 0.3) is 0 Å². The molecular weight excluding hydrogens is 286 g/mol. The average molecular weight is 300 g/mol. The van der Waals surface area contributed by atoms with E-state index in [0.29, 0.717) is 5.02 Å². The van der Waals surface area contributed by atoms with Gasteiger partial charge in [-0.1, -0.05) is 29.8 Å². The number of aliphatic carboxylic acids is 1. The molecule has 1 saturated heterocycles. The Labute approximate surface area is 120 Å². The Balaban J connectivity index is 2.25. The number of thioether (sulfide) groups is 1. The number of hydrogen-bond donors (Lipinski definition) is 1. The van der Waals surface area contributed by atoms with Crippen LogP contribution < -0.4 is 0 Å². The fourth-order valence-corrected chi connectivity index (χ4v) is 3.68. The first-order valence-corrected chi connectivity index (χ1v) is 7.25. The van der Waals surface area contributed by atoms with Crippen molar-refractivity contribution in [2.24, 2.45) is 0 Å². The van der Waals surface area contributed by atoms with E-state index in [0.717, 1.165) is 5.56 Å². The van der Waals surface area contributed by atoms with Gasteiger partial charge in [-0.15, -0.1) is 11.8 Å². The lowest BCUT2D eigenvalue weighted by atomic mass is 10.2. The van der Waals surface area contributed by atoms with Gasteiger partial charge >= 0.3 is 5.97 Å². The van der Waals surface area contributed by atoms with E-state index in [1.165, 1.54) is 11.8 Å². The maximum Gasteiger partial charge on any atom is 0.305 e. The van der Waals surface area contributed by atoms with Gasteiger partial charge in [-0.25, -0.2) is 0 Å². The van der Waals surface area contributed by atoms with Crippen LogP contribution in [0.1, 0.15) is 24.3 Å². The fraction of sp³-hybridized carbons (Fsp3) is 0.385. The highest BCUT2D eigenvalue weighted by molar-refractivity contribution is 8.01. The summed E-state index contributed by atoms with van der Waals surface area (Å²) in [6, 6.07) is 7.35. The second-order valence-electron chi connectivity index (χ2n) is 4.33. The minimum Gasteiger partial charge on any atom is -0.481 e. The summed E-state index contributed by atoms with van der Waals surface area (Å²) in [6.45, 7) is 2.04. The number of hydrogen-bond acceptors (Lipinski definition) is 3. The van der Waals surface area contributed by atoms with Crippen LogP contribution in [0, 0.1) is 0 Å². The predicted molar refractivity (Wildman–Crippen MR) is 75.2 cm³/mol. The molecule has 0 aromatic heterocycles. The monoisotopic (exact) mass is 299 g/mol. The van der Waals surface area contributed by atoms with Gasteiger partial charge in [0.1, 0.15) is 5.37 Å². The van der Waals surface area contributed by atoms with Gasteiger partial charge in [0.05, 0.1) is 11.7 Å². The third kappa shape index (κ3) is 3.04. The smallest absolute Gasteiger partial charge is 0.305 e. The molecule has 0 unspecified atom stereocenters. The molecule has 0 bridgehead atoms. The Morgan fingerprint density at radius 1 is 1.47 bits per heavy atom.